The minimum Gasteiger partial charge on any atom is -0.356 e. The van der Waals surface area contributed by atoms with Gasteiger partial charge in [-0.15, -0.1) is 0 Å². The molecule has 3 rings (SSSR count). The minimum absolute atomic E-state index is 0.267. The Kier molecular flexibility index (Phi) is 4.10. The van der Waals surface area contributed by atoms with E-state index >= 15 is 0 Å². The standard InChI is InChI=1S/C17H27FN4/c1-16(2,3)22-11-7-17(13-22)5-9-21(10-6-17)15-4-8-19-14(12-18)20-15/h4,8H,5-7,9-13H2,1-3H3. The van der Waals surface area contributed by atoms with E-state index in [-0.39, 0.29) is 11.4 Å². The Morgan fingerprint density at radius 1 is 1.18 bits per heavy atom. The van der Waals surface area contributed by atoms with Crippen LogP contribution in [0.4, 0.5) is 10.2 Å². The number of nitrogens with zero attached hydrogens (tertiary/aromatic N) is 4. The van der Waals surface area contributed by atoms with E-state index in [0.29, 0.717) is 5.41 Å². The number of likely N-dealkylation sites (tertiary alicyclic amines) is 1. The van der Waals surface area contributed by atoms with Crippen LogP contribution in [0.3, 0.4) is 0 Å². The molecule has 122 valence electrons. The zero-order valence-corrected chi connectivity index (χ0v) is 14.0. The first-order valence-corrected chi connectivity index (χ1v) is 8.30. The van der Waals surface area contributed by atoms with E-state index in [1.54, 1.807) is 6.20 Å². The Labute approximate surface area is 132 Å². The number of hydrogen-bond donors (Lipinski definition) is 0. The average molecular weight is 306 g/mol. The summed E-state index contributed by atoms with van der Waals surface area (Å²) in [6, 6.07) is 1.90. The second kappa shape index (κ2) is 5.76. The van der Waals surface area contributed by atoms with Crippen LogP contribution in [-0.2, 0) is 6.67 Å². The maximum Gasteiger partial charge on any atom is 0.161 e. The molecular formula is C17H27FN4. The molecule has 5 heteroatoms. The van der Waals surface area contributed by atoms with Crippen molar-refractivity contribution in [3.8, 4) is 0 Å². The molecule has 3 heterocycles. The van der Waals surface area contributed by atoms with Crippen LogP contribution in [0.5, 0.6) is 0 Å². The molecule has 0 radical (unpaired) electrons. The number of anilines is 1. The molecule has 1 aromatic rings. The van der Waals surface area contributed by atoms with Crippen LogP contribution in [-0.4, -0.2) is 46.6 Å². The molecular weight excluding hydrogens is 279 g/mol. The summed E-state index contributed by atoms with van der Waals surface area (Å²) in [4.78, 5) is 13.2. The van der Waals surface area contributed by atoms with Gasteiger partial charge in [-0.25, -0.2) is 14.4 Å². The third-order valence-corrected chi connectivity index (χ3v) is 5.35. The van der Waals surface area contributed by atoms with Gasteiger partial charge in [0, 0.05) is 31.4 Å². The van der Waals surface area contributed by atoms with Crippen LogP contribution in [0.15, 0.2) is 12.3 Å². The molecule has 0 aliphatic carbocycles. The highest BCUT2D eigenvalue weighted by atomic mass is 19.1. The lowest BCUT2D eigenvalue weighted by atomic mass is 9.77. The van der Waals surface area contributed by atoms with E-state index in [0.717, 1.165) is 18.9 Å². The molecule has 0 atom stereocenters. The molecule has 0 bridgehead atoms. The molecule has 0 N–H and O–H groups in total. The zero-order chi connectivity index (χ0) is 15.8. The quantitative estimate of drug-likeness (QED) is 0.840. The van der Waals surface area contributed by atoms with Gasteiger partial charge in [0.1, 0.15) is 12.5 Å². The van der Waals surface area contributed by atoms with Crippen molar-refractivity contribution in [2.75, 3.05) is 31.1 Å². The molecule has 2 aliphatic heterocycles. The summed E-state index contributed by atoms with van der Waals surface area (Å²) in [5.41, 5.74) is 0.739. The number of halogens is 1. The number of piperidine rings is 1. The van der Waals surface area contributed by atoms with Gasteiger partial charge in [-0.2, -0.15) is 0 Å². The van der Waals surface area contributed by atoms with Crippen molar-refractivity contribution in [3.05, 3.63) is 18.1 Å². The van der Waals surface area contributed by atoms with Gasteiger partial charge >= 0.3 is 0 Å². The van der Waals surface area contributed by atoms with Gasteiger partial charge < -0.3 is 4.90 Å². The second-order valence-corrected chi connectivity index (χ2v) is 7.79. The normalized spacial score (nSPS) is 22.5. The first-order valence-electron chi connectivity index (χ1n) is 8.30. The third kappa shape index (κ3) is 3.09. The van der Waals surface area contributed by atoms with Gasteiger partial charge in [0.05, 0.1) is 0 Å². The smallest absolute Gasteiger partial charge is 0.161 e. The van der Waals surface area contributed by atoms with Crippen molar-refractivity contribution >= 4 is 5.82 Å². The summed E-state index contributed by atoms with van der Waals surface area (Å²) >= 11 is 0. The number of rotatable bonds is 2. The van der Waals surface area contributed by atoms with E-state index < -0.39 is 6.67 Å². The third-order valence-electron chi connectivity index (χ3n) is 5.35. The SMILES string of the molecule is CC(C)(C)N1CCC2(CCN(c3ccnc(CF)n3)CC2)C1. The van der Waals surface area contributed by atoms with E-state index in [4.69, 9.17) is 0 Å². The first-order chi connectivity index (χ1) is 10.4. The highest BCUT2D eigenvalue weighted by Crippen LogP contribution is 2.42. The predicted molar refractivity (Wildman–Crippen MR) is 86.7 cm³/mol. The lowest BCUT2D eigenvalue weighted by molar-refractivity contribution is 0.135. The van der Waals surface area contributed by atoms with E-state index in [1.807, 2.05) is 6.07 Å². The summed E-state index contributed by atoms with van der Waals surface area (Å²) < 4.78 is 12.7. The van der Waals surface area contributed by atoms with Crippen molar-refractivity contribution in [1.29, 1.82) is 0 Å². The lowest BCUT2D eigenvalue weighted by Gasteiger charge is -2.41. The zero-order valence-electron chi connectivity index (χ0n) is 14.0. The van der Waals surface area contributed by atoms with Crippen molar-refractivity contribution in [2.24, 2.45) is 5.41 Å². The Balaban J connectivity index is 1.63. The molecule has 22 heavy (non-hydrogen) atoms. The molecule has 0 amide bonds. The molecule has 2 fully saturated rings. The fourth-order valence-electron chi connectivity index (χ4n) is 3.75. The maximum absolute atomic E-state index is 12.7. The Bertz CT molecular complexity index is 518. The summed E-state index contributed by atoms with van der Waals surface area (Å²) in [6.07, 6.45) is 5.37. The van der Waals surface area contributed by atoms with Crippen LogP contribution in [0.2, 0.25) is 0 Å². The average Bonchev–Trinajstić information content (AvgIpc) is 2.92. The van der Waals surface area contributed by atoms with Gasteiger partial charge in [-0.1, -0.05) is 0 Å². The second-order valence-electron chi connectivity index (χ2n) is 7.79. The number of alkyl halides is 1. The maximum atomic E-state index is 12.7. The van der Waals surface area contributed by atoms with Gasteiger partial charge in [-0.3, -0.25) is 4.90 Å². The molecule has 1 aromatic heterocycles. The van der Waals surface area contributed by atoms with Crippen LogP contribution in [0.1, 0.15) is 45.9 Å². The molecule has 2 aliphatic rings. The first kappa shape index (κ1) is 15.7. The molecule has 2 saturated heterocycles. The summed E-state index contributed by atoms with van der Waals surface area (Å²) in [5, 5.41) is 0. The van der Waals surface area contributed by atoms with Gasteiger partial charge in [-0.05, 0) is 58.1 Å². The summed E-state index contributed by atoms with van der Waals surface area (Å²) in [6.45, 7) is 10.8. The van der Waals surface area contributed by atoms with E-state index in [9.17, 15) is 4.39 Å². The Hall–Kier alpha value is -1.23. The monoisotopic (exact) mass is 306 g/mol. The molecule has 0 aromatic carbocycles. The number of hydrogen-bond acceptors (Lipinski definition) is 4. The van der Waals surface area contributed by atoms with Crippen molar-refractivity contribution in [2.45, 2.75) is 52.2 Å². The van der Waals surface area contributed by atoms with Gasteiger partial charge in [0.25, 0.3) is 0 Å². The van der Waals surface area contributed by atoms with Crippen LogP contribution in [0, 0.1) is 5.41 Å². The highest BCUT2D eigenvalue weighted by Gasteiger charge is 2.43. The van der Waals surface area contributed by atoms with Crippen LogP contribution >= 0.6 is 0 Å². The molecule has 0 unspecified atom stereocenters. The lowest BCUT2D eigenvalue weighted by Crippen LogP contribution is -2.45. The van der Waals surface area contributed by atoms with Crippen molar-refractivity contribution < 1.29 is 4.39 Å². The fourth-order valence-corrected chi connectivity index (χ4v) is 3.75. The van der Waals surface area contributed by atoms with Crippen molar-refractivity contribution in [3.63, 3.8) is 0 Å². The van der Waals surface area contributed by atoms with Gasteiger partial charge in [0.2, 0.25) is 0 Å². The van der Waals surface area contributed by atoms with Crippen molar-refractivity contribution in [1.82, 2.24) is 14.9 Å². The molecule has 4 nitrogen and oxygen atoms in total. The minimum atomic E-state index is -0.591. The van der Waals surface area contributed by atoms with Crippen LogP contribution < -0.4 is 4.90 Å². The Morgan fingerprint density at radius 3 is 2.45 bits per heavy atom. The predicted octanol–water partition coefficient (Wildman–Crippen LogP) is 3.04. The highest BCUT2D eigenvalue weighted by molar-refractivity contribution is 5.38. The van der Waals surface area contributed by atoms with Crippen LogP contribution in [0.25, 0.3) is 0 Å². The Morgan fingerprint density at radius 2 is 1.86 bits per heavy atom. The van der Waals surface area contributed by atoms with E-state index in [2.05, 4.69) is 40.5 Å². The summed E-state index contributed by atoms with van der Waals surface area (Å²) in [7, 11) is 0. The topological polar surface area (TPSA) is 32.3 Å². The fraction of sp³-hybridized carbons (Fsp3) is 0.765. The largest absolute Gasteiger partial charge is 0.356 e. The molecule has 0 saturated carbocycles. The number of aromatic nitrogens is 2. The molecule has 1 spiro atoms. The van der Waals surface area contributed by atoms with Gasteiger partial charge in [0.15, 0.2) is 5.82 Å². The summed E-state index contributed by atoms with van der Waals surface area (Å²) in [5.74, 6) is 1.17. The van der Waals surface area contributed by atoms with E-state index in [1.165, 1.54) is 32.4 Å².